The van der Waals surface area contributed by atoms with Gasteiger partial charge in [-0.15, -0.1) is 10.2 Å². The lowest BCUT2D eigenvalue weighted by atomic mass is 10.7. The molecule has 0 unspecified atom stereocenters. The van der Waals surface area contributed by atoms with Gasteiger partial charge in [-0.25, -0.2) is 0 Å². The third kappa shape index (κ3) is 3.96. The smallest absolute Gasteiger partial charge is 0.169 e. The summed E-state index contributed by atoms with van der Waals surface area (Å²) >= 11 is 0. The lowest BCUT2D eigenvalue weighted by Crippen LogP contribution is -1.80. The van der Waals surface area contributed by atoms with Gasteiger partial charge in [-0.05, 0) is 11.3 Å². The van der Waals surface area contributed by atoms with Crippen LogP contribution in [0.5, 0.6) is 0 Å². The normalized spacial score (nSPS) is 13.1. The minimum atomic E-state index is 0.778. The molecule has 0 atom stereocenters. The average Bonchev–Trinajstić information content (AvgIpc) is 2.64. The Morgan fingerprint density at radius 3 is 2.18 bits per heavy atom. The summed E-state index contributed by atoms with van der Waals surface area (Å²) in [5.41, 5.74) is 0. The molecule has 2 rings (SSSR count). The number of ether oxygens (including phenoxy) is 1. The molecule has 0 aliphatic carbocycles. The van der Waals surface area contributed by atoms with Crippen LogP contribution in [0.15, 0.2) is 23.5 Å². The van der Waals surface area contributed by atoms with Crippen molar-refractivity contribution in [3.8, 4) is 0 Å². The Kier molecular flexibility index (Phi) is 3.64. The van der Waals surface area contributed by atoms with Crippen LogP contribution in [0.1, 0.15) is 0 Å². The van der Waals surface area contributed by atoms with Gasteiger partial charge in [0.2, 0.25) is 0 Å². The van der Waals surface area contributed by atoms with Crippen molar-refractivity contribution >= 4 is 6.40 Å². The number of hydrogen-bond donors (Lipinski definition) is 0. The van der Waals surface area contributed by atoms with Crippen LogP contribution in [-0.4, -0.2) is 35.0 Å². The molecule has 1 aliphatic rings. The highest BCUT2D eigenvalue weighted by Crippen LogP contribution is 1.78. The van der Waals surface area contributed by atoms with Crippen molar-refractivity contribution in [2.75, 3.05) is 13.2 Å². The molecule has 0 spiro atoms. The van der Waals surface area contributed by atoms with Gasteiger partial charge < -0.3 is 4.74 Å². The van der Waals surface area contributed by atoms with Crippen molar-refractivity contribution in [2.24, 2.45) is 4.99 Å². The van der Waals surface area contributed by atoms with Gasteiger partial charge in [-0.3, -0.25) is 4.99 Å². The predicted octanol–water partition coefficient (Wildman–Crippen LogP) is -0.0835. The largest absolute Gasteiger partial charge is 0.482 e. The zero-order valence-electron chi connectivity index (χ0n) is 5.92. The summed E-state index contributed by atoms with van der Waals surface area (Å²) < 4.78 is 4.65. The van der Waals surface area contributed by atoms with Gasteiger partial charge in [0.25, 0.3) is 0 Å². The molecule has 1 aliphatic heterocycles. The van der Waals surface area contributed by atoms with E-state index in [4.69, 9.17) is 0 Å². The molecule has 1 aromatic rings. The number of aromatic nitrogens is 3. The second-order valence-corrected chi connectivity index (χ2v) is 1.69. The van der Waals surface area contributed by atoms with Crippen LogP contribution in [-0.2, 0) is 4.74 Å². The highest BCUT2D eigenvalue weighted by molar-refractivity contribution is 5.47. The van der Waals surface area contributed by atoms with E-state index in [9.17, 15) is 0 Å². The van der Waals surface area contributed by atoms with Gasteiger partial charge >= 0.3 is 0 Å². The molecular weight excluding hydrogens is 144 g/mol. The molecule has 5 nitrogen and oxygen atoms in total. The second-order valence-electron chi connectivity index (χ2n) is 1.69. The fourth-order valence-electron chi connectivity index (χ4n) is 0.468. The van der Waals surface area contributed by atoms with Crippen molar-refractivity contribution in [1.29, 1.82) is 0 Å². The monoisotopic (exact) mass is 152 g/mol. The predicted molar refractivity (Wildman–Crippen MR) is 39.1 cm³/mol. The third-order valence-electron chi connectivity index (χ3n) is 0.896. The van der Waals surface area contributed by atoms with Gasteiger partial charge in [0.1, 0.15) is 6.61 Å². The maximum absolute atomic E-state index is 4.65. The Bertz CT molecular complexity index is 168. The summed E-state index contributed by atoms with van der Waals surface area (Å²) in [5.74, 6) is 0. The molecule has 0 bridgehead atoms. The van der Waals surface area contributed by atoms with Crippen molar-refractivity contribution in [3.63, 3.8) is 0 Å². The Labute approximate surface area is 64.1 Å². The van der Waals surface area contributed by atoms with E-state index in [2.05, 4.69) is 25.1 Å². The van der Waals surface area contributed by atoms with Crippen LogP contribution < -0.4 is 0 Å². The maximum atomic E-state index is 4.65. The topological polar surface area (TPSA) is 60.3 Å². The quantitative estimate of drug-likeness (QED) is 0.521. The van der Waals surface area contributed by atoms with Crippen molar-refractivity contribution in [3.05, 3.63) is 18.5 Å². The zero-order valence-corrected chi connectivity index (χ0v) is 5.92. The van der Waals surface area contributed by atoms with Crippen LogP contribution in [0, 0.1) is 0 Å². The summed E-state index contributed by atoms with van der Waals surface area (Å²) in [6.45, 7) is 1.62. The first kappa shape index (κ1) is 7.59. The summed E-state index contributed by atoms with van der Waals surface area (Å²) in [5, 5.41) is 10.1. The van der Waals surface area contributed by atoms with Gasteiger partial charge in [-0.1, -0.05) is 0 Å². The van der Waals surface area contributed by atoms with Crippen LogP contribution >= 0.6 is 0 Å². The highest BCUT2D eigenvalue weighted by atomic mass is 16.5. The number of rotatable bonds is 0. The van der Waals surface area contributed by atoms with E-state index in [0.717, 1.165) is 13.2 Å². The molecule has 0 aromatic carbocycles. The van der Waals surface area contributed by atoms with E-state index in [1.165, 1.54) is 6.40 Å². The molecule has 0 N–H and O–H groups in total. The second kappa shape index (κ2) is 5.28. The first-order valence-corrected chi connectivity index (χ1v) is 3.18. The Balaban J connectivity index is 0.000000112. The van der Waals surface area contributed by atoms with E-state index in [1.807, 2.05) is 0 Å². The molecule has 0 saturated heterocycles. The fourth-order valence-corrected chi connectivity index (χ4v) is 0.468. The number of aliphatic imine (C=N–C) groups is 1. The fraction of sp³-hybridized carbons (Fsp3) is 0.333. The van der Waals surface area contributed by atoms with Crippen LogP contribution in [0.2, 0.25) is 0 Å². The average molecular weight is 152 g/mol. The van der Waals surface area contributed by atoms with E-state index in [-0.39, 0.29) is 0 Å². The first-order valence-electron chi connectivity index (χ1n) is 3.18. The molecule has 0 fully saturated rings. The minimum absolute atomic E-state index is 0.778. The lowest BCUT2D eigenvalue weighted by molar-refractivity contribution is 0.361. The van der Waals surface area contributed by atoms with Gasteiger partial charge in [0, 0.05) is 0 Å². The molecule has 58 valence electrons. The number of hydrogen-bond acceptors (Lipinski definition) is 5. The lowest BCUT2D eigenvalue weighted by Gasteiger charge is -1.76. The van der Waals surface area contributed by atoms with E-state index < -0.39 is 0 Å². The van der Waals surface area contributed by atoms with Crippen LogP contribution in [0.25, 0.3) is 0 Å². The zero-order chi connectivity index (χ0) is 7.78. The molecular formula is C6H8N4O. The van der Waals surface area contributed by atoms with E-state index in [1.54, 1.807) is 18.5 Å². The molecule has 0 amide bonds. The summed E-state index contributed by atoms with van der Waals surface area (Å²) in [7, 11) is 0. The Morgan fingerprint density at radius 1 is 1.18 bits per heavy atom. The Hall–Kier alpha value is -1.52. The first-order chi connectivity index (χ1) is 5.50. The standard InChI is InChI=1S/C3H3N3.C3H5NO/c1-2-4-6-5-3-1;1-2-5-3-4-1/h1-3H;3H,1-2H2. The van der Waals surface area contributed by atoms with E-state index >= 15 is 0 Å². The van der Waals surface area contributed by atoms with Gasteiger partial charge in [-0.2, -0.15) is 0 Å². The molecule has 0 saturated carbocycles. The van der Waals surface area contributed by atoms with Gasteiger partial charge in [0.15, 0.2) is 6.40 Å². The summed E-state index contributed by atoms with van der Waals surface area (Å²) in [4.78, 5) is 3.74. The van der Waals surface area contributed by atoms with Crippen molar-refractivity contribution in [1.82, 2.24) is 15.4 Å². The number of nitrogens with zero attached hydrogens (tertiary/aromatic N) is 4. The third-order valence-corrected chi connectivity index (χ3v) is 0.896. The van der Waals surface area contributed by atoms with Gasteiger partial charge in [0.05, 0.1) is 18.9 Å². The van der Waals surface area contributed by atoms with Crippen LogP contribution in [0.3, 0.4) is 0 Å². The minimum Gasteiger partial charge on any atom is -0.482 e. The SMILES string of the molecule is C1=NCCO1.c1cnnnc1. The molecule has 5 heteroatoms. The highest BCUT2D eigenvalue weighted by Gasteiger charge is 1.84. The van der Waals surface area contributed by atoms with Crippen molar-refractivity contribution in [2.45, 2.75) is 0 Å². The maximum Gasteiger partial charge on any atom is 0.169 e. The molecule has 11 heavy (non-hydrogen) atoms. The summed E-state index contributed by atoms with van der Waals surface area (Å²) in [6.07, 6.45) is 4.64. The van der Waals surface area contributed by atoms with Crippen molar-refractivity contribution < 1.29 is 4.74 Å². The molecule has 0 radical (unpaired) electrons. The summed E-state index contributed by atoms with van der Waals surface area (Å²) in [6, 6.07) is 1.72. The van der Waals surface area contributed by atoms with E-state index in [0.29, 0.717) is 0 Å². The van der Waals surface area contributed by atoms with Crippen LogP contribution in [0.4, 0.5) is 0 Å². The molecule has 1 aromatic heterocycles. The Morgan fingerprint density at radius 2 is 2.00 bits per heavy atom. The molecule has 2 heterocycles.